The number of rotatable bonds is 6. The SMILES string of the molecule is O=C(CCc1ccc2[nH]ccc2c1)NCC(O)c1ccncc1. The molecule has 1 unspecified atom stereocenters. The van der Waals surface area contributed by atoms with Gasteiger partial charge in [0.1, 0.15) is 0 Å². The predicted molar refractivity (Wildman–Crippen MR) is 88.8 cm³/mol. The van der Waals surface area contributed by atoms with Gasteiger partial charge in [-0.3, -0.25) is 9.78 Å². The Balaban J connectivity index is 1.47. The van der Waals surface area contributed by atoms with Crippen molar-refractivity contribution in [3.63, 3.8) is 0 Å². The zero-order valence-corrected chi connectivity index (χ0v) is 12.7. The van der Waals surface area contributed by atoms with E-state index in [1.807, 2.05) is 24.4 Å². The number of hydrogen-bond acceptors (Lipinski definition) is 3. The molecule has 0 radical (unpaired) electrons. The molecule has 1 amide bonds. The first-order chi connectivity index (χ1) is 11.2. The molecule has 2 aromatic heterocycles. The Morgan fingerprint density at radius 1 is 1.22 bits per heavy atom. The average molecular weight is 309 g/mol. The third-order valence-electron chi connectivity index (χ3n) is 3.84. The van der Waals surface area contributed by atoms with Crippen molar-refractivity contribution in [2.24, 2.45) is 0 Å². The number of carbonyl (C=O) groups excluding carboxylic acids is 1. The standard InChI is InChI=1S/C18H19N3O2/c22-17(14-5-8-19-9-6-14)12-21-18(23)4-2-13-1-3-16-15(11-13)7-10-20-16/h1,3,5-11,17,20,22H,2,4,12H2,(H,21,23). The van der Waals surface area contributed by atoms with Gasteiger partial charge in [0.2, 0.25) is 5.91 Å². The van der Waals surface area contributed by atoms with E-state index in [9.17, 15) is 9.90 Å². The van der Waals surface area contributed by atoms with Crippen molar-refractivity contribution < 1.29 is 9.90 Å². The number of aliphatic hydroxyl groups excluding tert-OH is 1. The van der Waals surface area contributed by atoms with E-state index in [4.69, 9.17) is 0 Å². The van der Waals surface area contributed by atoms with Crippen LogP contribution in [-0.2, 0) is 11.2 Å². The maximum atomic E-state index is 11.9. The van der Waals surface area contributed by atoms with Gasteiger partial charge in [-0.1, -0.05) is 6.07 Å². The lowest BCUT2D eigenvalue weighted by atomic mass is 10.1. The van der Waals surface area contributed by atoms with Crippen molar-refractivity contribution in [1.82, 2.24) is 15.3 Å². The number of benzene rings is 1. The zero-order valence-electron chi connectivity index (χ0n) is 12.7. The summed E-state index contributed by atoms with van der Waals surface area (Å²) in [6.07, 6.45) is 5.52. The van der Waals surface area contributed by atoms with Crippen LogP contribution in [0.1, 0.15) is 23.7 Å². The summed E-state index contributed by atoms with van der Waals surface area (Å²) < 4.78 is 0. The van der Waals surface area contributed by atoms with Crippen LogP contribution in [-0.4, -0.2) is 27.5 Å². The van der Waals surface area contributed by atoms with Gasteiger partial charge in [-0.05, 0) is 53.3 Å². The Morgan fingerprint density at radius 3 is 2.87 bits per heavy atom. The molecule has 0 saturated carbocycles. The molecule has 118 valence electrons. The summed E-state index contributed by atoms with van der Waals surface area (Å²) in [6, 6.07) is 11.6. The fourth-order valence-electron chi connectivity index (χ4n) is 2.52. The smallest absolute Gasteiger partial charge is 0.220 e. The van der Waals surface area contributed by atoms with E-state index in [2.05, 4.69) is 21.4 Å². The number of amides is 1. The van der Waals surface area contributed by atoms with Crippen LogP contribution in [0.2, 0.25) is 0 Å². The lowest BCUT2D eigenvalue weighted by Crippen LogP contribution is -2.28. The monoisotopic (exact) mass is 309 g/mol. The number of H-pyrrole nitrogens is 1. The third-order valence-corrected chi connectivity index (χ3v) is 3.84. The number of fused-ring (bicyclic) bond motifs is 1. The van der Waals surface area contributed by atoms with Crippen LogP contribution in [0, 0.1) is 0 Å². The molecule has 0 bridgehead atoms. The second kappa shape index (κ2) is 7.07. The lowest BCUT2D eigenvalue weighted by molar-refractivity contribution is -0.121. The zero-order chi connectivity index (χ0) is 16.1. The molecular formula is C18H19N3O2. The molecule has 0 aliphatic rings. The van der Waals surface area contributed by atoms with Gasteiger partial charge in [0.15, 0.2) is 0 Å². The molecular weight excluding hydrogens is 290 g/mol. The quantitative estimate of drug-likeness (QED) is 0.654. The summed E-state index contributed by atoms with van der Waals surface area (Å²) in [5.74, 6) is -0.0627. The summed E-state index contributed by atoms with van der Waals surface area (Å²) in [6.45, 7) is 0.208. The second-order valence-corrected chi connectivity index (χ2v) is 5.50. The summed E-state index contributed by atoms with van der Waals surface area (Å²) in [5, 5.41) is 13.9. The highest BCUT2D eigenvalue weighted by molar-refractivity contribution is 5.80. The van der Waals surface area contributed by atoms with Gasteiger partial charge in [-0.25, -0.2) is 0 Å². The van der Waals surface area contributed by atoms with E-state index in [0.717, 1.165) is 22.0 Å². The first-order valence-electron chi connectivity index (χ1n) is 7.63. The van der Waals surface area contributed by atoms with Gasteiger partial charge < -0.3 is 15.4 Å². The summed E-state index contributed by atoms with van der Waals surface area (Å²) in [4.78, 5) is 19.0. The van der Waals surface area contributed by atoms with Crippen LogP contribution in [0.4, 0.5) is 0 Å². The maximum Gasteiger partial charge on any atom is 0.220 e. The Bertz CT molecular complexity index is 783. The topological polar surface area (TPSA) is 78.0 Å². The van der Waals surface area contributed by atoms with Crippen LogP contribution in [0.25, 0.3) is 10.9 Å². The highest BCUT2D eigenvalue weighted by atomic mass is 16.3. The minimum Gasteiger partial charge on any atom is -0.387 e. The van der Waals surface area contributed by atoms with Crippen LogP contribution in [0.15, 0.2) is 55.0 Å². The Kier molecular flexibility index (Phi) is 4.68. The van der Waals surface area contributed by atoms with Gasteiger partial charge in [0, 0.05) is 37.1 Å². The number of hydrogen-bond donors (Lipinski definition) is 3. The molecule has 0 aliphatic carbocycles. The molecule has 2 heterocycles. The Hall–Kier alpha value is -2.66. The molecule has 1 atom stereocenters. The molecule has 1 aromatic carbocycles. The minimum atomic E-state index is -0.710. The van der Waals surface area contributed by atoms with Gasteiger partial charge in [0.25, 0.3) is 0 Å². The van der Waals surface area contributed by atoms with Crippen molar-refractivity contribution in [2.75, 3.05) is 6.54 Å². The number of carbonyl (C=O) groups is 1. The van der Waals surface area contributed by atoms with E-state index in [0.29, 0.717) is 12.8 Å². The maximum absolute atomic E-state index is 11.9. The molecule has 0 saturated heterocycles. The molecule has 3 aromatic rings. The molecule has 5 heteroatoms. The van der Waals surface area contributed by atoms with Gasteiger partial charge in [-0.15, -0.1) is 0 Å². The molecule has 3 N–H and O–H groups in total. The van der Waals surface area contributed by atoms with E-state index in [1.165, 1.54) is 0 Å². The van der Waals surface area contributed by atoms with Crippen molar-refractivity contribution in [3.05, 3.63) is 66.1 Å². The van der Waals surface area contributed by atoms with Crippen LogP contribution < -0.4 is 5.32 Å². The summed E-state index contributed by atoms with van der Waals surface area (Å²) >= 11 is 0. The fourth-order valence-corrected chi connectivity index (χ4v) is 2.52. The van der Waals surface area contributed by atoms with Crippen LogP contribution in [0.5, 0.6) is 0 Å². The van der Waals surface area contributed by atoms with Crippen LogP contribution in [0.3, 0.4) is 0 Å². The van der Waals surface area contributed by atoms with Gasteiger partial charge in [0.05, 0.1) is 6.10 Å². The average Bonchev–Trinajstić information content (AvgIpc) is 3.06. The number of nitrogens with zero attached hydrogens (tertiary/aromatic N) is 1. The number of nitrogens with one attached hydrogen (secondary N) is 2. The third kappa shape index (κ3) is 3.96. The highest BCUT2D eigenvalue weighted by Crippen LogP contribution is 2.15. The van der Waals surface area contributed by atoms with E-state index < -0.39 is 6.10 Å². The molecule has 0 aliphatic heterocycles. The van der Waals surface area contributed by atoms with E-state index >= 15 is 0 Å². The minimum absolute atomic E-state index is 0.0627. The Labute approximate surface area is 134 Å². The number of pyridine rings is 1. The molecule has 5 nitrogen and oxygen atoms in total. The Morgan fingerprint density at radius 2 is 2.04 bits per heavy atom. The second-order valence-electron chi connectivity index (χ2n) is 5.50. The molecule has 3 rings (SSSR count). The number of aliphatic hydroxyl groups is 1. The summed E-state index contributed by atoms with van der Waals surface area (Å²) in [7, 11) is 0. The molecule has 23 heavy (non-hydrogen) atoms. The lowest BCUT2D eigenvalue weighted by Gasteiger charge is -2.12. The molecule has 0 fully saturated rings. The predicted octanol–water partition coefficient (Wildman–Crippen LogP) is 2.35. The fraction of sp³-hybridized carbons (Fsp3) is 0.222. The number of aryl methyl sites for hydroxylation is 1. The van der Waals surface area contributed by atoms with Crippen molar-refractivity contribution in [1.29, 1.82) is 0 Å². The van der Waals surface area contributed by atoms with Gasteiger partial charge in [-0.2, -0.15) is 0 Å². The number of aromatic nitrogens is 2. The largest absolute Gasteiger partial charge is 0.387 e. The van der Waals surface area contributed by atoms with Gasteiger partial charge >= 0.3 is 0 Å². The first-order valence-corrected chi connectivity index (χ1v) is 7.63. The van der Waals surface area contributed by atoms with E-state index in [-0.39, 0.29) is 12.5 Å². The van der Waals surface area contributed by atoms with E-state index in [1.54, 1.807) is 24.5 Å². The normalized spacial score (nSPS) is 12.2. The van der Waals surface area contributed by atoms with Crippen molar-refractivity contribution in [2.45, 2.75) is 18.9 Å². The van der Waals surface area contributed by atoms with Crippen molar-refractivity contribution in [3.8, 4) is 0 Å². The van der Waals surface area contributed by atoms with Crippen molar-refractivity contribution >= 4 is 16.8 Å². The molecule has 0 spiro atoms. The number of aromatic amines is 1. The first kappa shape index (κ1) is 15.2. The highest BCUT2D eigenvalue weighted by Gasteiger charge is 2.09. The van der Waals surface area contributed by atoms with Crippen LogP contribution >= 0.6 is 0 Å². The summed E-state index contributed by atoms with van der Waals surface area (Å²) in [5.41, 5.74) is 2.97.